The molecule has 5 rings (SSSR count). The second-order valence-electron chi connectivity index (χ2n) is 8.57. The third kappa shape index (κ3) is 6.01. The van der Waals surface area contributed by atoms with E-state index in [0.717, 1.165) is 73.2 Å². The summed E-state index contributed by atoms with van der Waals surface area (Å²) < 4.78 is 5.51. The Balaban J connectivity index is 1.30. The maximum atomic E-state index is 6.14. The first-order chi connectivity index (χ1) is 17.2. The molecule has 0 unspecified atom stereocenters. The molecule has 1 N–H and O–H groups in total. The van der Waals surface area contributed by atoms with Crippen molar-refractivity contribution in [3.8, 4) is 0 Å². The predicted molar refractivity (Wildman–Crippen MR) is 145 cm³/mol. The molecular formula is C26H29ClN6OS. The van der Waals surface area contributed by atoms with E-state index >= 15 is 0 Å². The predicted octanol–water partition coefficient (Wildman–Crippen LogP) is 5.39. The molecule has 1 aromatic carbocycles. The highest BCUT2D eigenvalue weighted by molar-refractivity contribution is 7.09. The number of fused-ring (bicyclic) bond motifs is 1. The highest BCUT2D eigenvalue weighted by Crippen LogP contribution is 2.25. The third-order valence-electron chi connectivity index (χ3n) is 6.00. The van der Waals surface area contributed by atoms with E-state index in [1.165, 1.54) is 4.88 Å². The quantitative estimate of drug-likeness (QED) is 0.304. The zero-order valence-corrected chi connectivity index (χ0v) is 21.4. The first-order valence-corrected chi connectivity index (χ1v) is 13.2. The van der Waals surface area contributed by atoms with Gasteiger partial charge in [-0.1, -0.05) is 17.7 Å². The summed E-state index contributed by atoms with van der Waals surface area (Å²) in [6.45, 7) is 7.65. The van der Waals surface area contributed by atoms with Crippen LogP contribution in [-0.4, -0.2) is 54.3 Å². The van der Waals surface area contributed by atoms with E-state index < -0.39 is 0 Å². The summed E-state index contributed by atoms with van der Waals surface area (Å²) in [5.41, 5.74) is 2.95. The van der Waals surface area contributed by atoms with Crippen LogP contribution in [0.5, 0.6) is 0 Å². The van der Waals surface area contributed by atoms with E-state index in [1.807, 2.05) is 37.4 Å². The molecule has 1 aliphatic rings. The molecule has 0 bridgehead atoms. The Morgan fingerprint density at radius 3 is 2.86 bits per heavy atom. The normalized spacial score (nSPS) is 13.8. The van der Waals surface area contributed by atoms with Crippen LogP contribution in [-0.2, 0) is 11.3 Å². The molecule has 0 aliphatic carbocycles. The number of benzene rings is 1. The van der Waals surface area contributed by atoms with Crippen molar-refractivity contribution in [3.63, 3.8) is 0 Å². The van der Waals surface area contributed by atoms with Crippen molar-refractivity contribution in [2.24, 2.45) is 0 Å². The fraction of sp³-hybridized carbons (Fsp3) is 0.346. The van der Waals surface area contributed by atoms with Gasteiger partial charge in [0.2, 0.25) is 5.95 Å². The van der Waals surface area contributed by atoms with Crippen molar-refractivity contribution < 1.29 is 4.74 Å². The van der Waals surface area contributed by atoms with Crippen molar-refractivity contribution >= 4 is 51.3 Å². The molecule has 0 amide bonds. The minimum atomic E-state index is 0.697. The summed E-state index contributed by atoms with van der Waals surface area (Å²) in [6.07, 6.45) is 2.78. The minimum absolute atomic E-state index is 0.697. The van der Waals surface area contributed by atoms with Crippen LogP contribution < -0.4 is 15.1 Å². The second-order valence-corrected chi connectivity index (χ2v) is 10.0. The van der Waals surface area contributed by atoms with Crippen molar-refractivity contribution in [1.82, 2.24) is 15.0 Å². The number of aromatic nitrogens is 3. The minimum Gasteiger partial charge on any atom is -0.384 e. The largest absolute Gasteiger partial charge is 0.384 e. The molecule has 7 nitrogen and oxygen atoms in total. The number of aryl methyl sites for hydroxylation is 1. The van der Waals surface area contributed by atoms with Gasteiger partial charge in [-0.15, -0.1) is 11.3 Å². The molecule has 0 radical (unpaired) electrons. The number of hydrogen-bond donors (Lipinski definition) is 1. The second kappa shape index (κ2) is 11.2. The van der Waals surface area contributed by atoms with Gasteiger partial charge in [0.05, 0.1) is 25.3 Å². The number of hydrogen-bond acceptors (Lipinski definition) is 8. The van der Waals surface area contributed by atoms with Gasteiger partial charge in [0.1, 0.15) is 5.82 Å². The Morgan fingerprint density at radius 2 is 2.03 bits per heavy atom. The molecule has 1 saturated heterocycles. The van der Waals surface area contributed by atoms with E-state index in [4.69, 9.17) is 26.3 Å². The highest BCUT2D eigenvalue weighted by Gasteiger charge is 2.18. The van der Waals surface area contributed by atoms with Gasteiger partial charge in [0.25, 0.3) is 0 Å². The molecular weight excluding hydrogens is 480 g/mol. The lowest BCUT2D eigenvalue weighted by molar-refractivity contribution is 0.122. The van der Waals surface area contributed by atoms with Crippen molar-refractivity contribution in [3.05, 3.63) is 69.6 Å². The molecule has 0 spiro atoms. The number of anilines is 3. The zero-order valence-electron chi connectivity index (χ0n) is 19.8. The Morgan fingerprint density at radius 1 is 1.14 bits per heavy atom. The summed E-state index contributed by atoms with van der Waals surface area (Å²) in [5.74, 6) is 1.76. The van der Waals surface area contributed by atoms with Crippen LogP contribution in [0.15, 0.2) is 54.0 Å². The SMILES string of the molecule is Cc1cc(N(CCCNc2ccnc3cc(Cl)ccc23)Cc2cccs2)nc(N2CCOCC2)n1. The van der Waals surface area contributed by atoms with Crippen LogP contribution in [0, 0.1) is 6.92 Å². The Labute approximate surface area is 214 Å². The number of nitrogens with zero attached hydrogens (tertiary/aromatic N) is 5. The van der Waals surface area contributed by atoms with Crippen molar-refractivity contribution in [2.75, 3.05) is 54.5 Å². The number of thiophene rings is 1. The lowest BCUT2D eigenvalue weighted by atomic mass is 10.2. The monoisotopic (exact) mass is 508 g/mol. The molecule has 9 heteroatoms. The van der Waals surface area contributed by atoms with E-state index in [-0.39, 0.29) is 0 Å². The van der Waals surface area contributed by atoms with E-state index in [1.54, 1.807) is 11.3 Å². The van der Waals surface area contributed by atoms with Crippen molar-refractivity contribution in [1.29, 1.82) is 0 Å². The summed E-state index contributed by atoms with van der Waals surface area (Å²) in [4.78, 5) is 20.0. The van der Waals surface area contributed by atoms with Gasteiger partial charge in [-0.05, 0) is 49.1 Å². The van der Waals surface area contributed by atoms with Crippen LogP contribution in [0.4, 0.5) is 17.5 Å². The summed E-state index contributed by atoms with van der Waals surface area (Å²) in [6, 6.07) is 14.2. The maximum absolute atomic E-state index is 6.14. The maximum Gasteiger partial charge on any atom is 0.227 e. The Kier molecular flexibility index (Phi) is 7.61. The van der Waals surface area contributed by atoms with Gasteiger partial charge in [-0.3, -0.25) is 4.98 Å². The molecule has 182 valence electrons. The number of nitrogens with one attached hydrogen (secondary N) is 1. The summed E-state index contributed by atoms with van der Waals surface area (Å²) >= 11 is 7.91. The molecule has 4 aromatic rings. The first kappa shape index (κ1) is 23.8. The van der Waals surface area contributed by atoms with Gasteiger partial charge < -0.3 is 19.9 Å². The summed E-state index contributed by atoms with van der Waals surface area (Å²) in [5, 5.41) is 7.49. The third-order valence-corrected chi connectivity index (χ3v) is 7.09. The van der Waals surface area contributed by atoms with E-state index in [9.17, 15) is 0 Å². The molecule has 35 heavy (non-hydrogen) atoms. The zero-order chi connectivity index (χ0) is 24.0. The fourth-order valence-corrected chi connectivity index (χ4v) is 5.12. The number of morpholine rings is 1. The van der Waals surface area contributed by atoms with Crippen LogP contribution in [0.2, 0.25) is 5.02 Å². The number of halogens is 1. The molecule has 0 atom stereocenters. The lowest BCUT2D eigenvalue weighted by Gasteiger charge is -2.29. The Hall–Kier alpha value is -2.94. The fourth-order valence-electron chi connectivity index (χ4n) is 4.24. The standard InChI is InChI=1S/C26H29ClN6OS/c1-19-16-25(31-26(30-19)32-11-13-34-14-12-32)33(18-21-4-2-15-35-21)10-3-8-28-23-7-9-29-24-17-20(27)5-6-22(23)24/h2,4-7,9,15-17H,3,8,10-14,18H2,1H3,(H,28,29). The number of pyridine rings is 1. The van der Waals surface area contributed by atoms with E-state index in [0.29, 0.717) is 18.2 Å². The van der Waals surface area contributed by atoms with Crippen LogP contribution in [0.3, 0.4) is 0 Å². The molecule has 3 aromatic heterocycles. The first-order valence-electron chi connectivity index (χ1n) is 11.9. The van der Waals surface area contributed by atoms with Crippen LogP contribution >= 0.6 is 22.9 Å². The average Bonchev–Trinajstić information content (AvgIpc) is 3.39. The Bertz CT molecular complexity index is 1260. The lowest BCUT2D eigenvalue weighted by Crippen LogP contribution is -2.38. The number of ether oxygens (including phenoxy) is 1. The average molecular weight is 509 g/mol. The topological polar surface area (TPSA) is 66.4 Å². The van der Waals surface area contributed by atoms with Gasteiger partial charge >= 0.3 is 0 Å². The number of rotatable bonds is 9. The summed E-state index contributed by atoms with van der Waals surface area (Å²) in [7, 11) is 0. The van der Waals surface area contributed by atoms with Gasteiger partial charge in [0, 0.05) is 65.1 Å². The van der Waals surface area contributed by atoms with Gasteiger partial charge in [0.15, 0.2) is 0 Å². The van der Waals surface area contributed by atoms with Crippen molar-refractivity contribution in [2.45, 2.75) is 19.9 Å². The molecule has 1 aliphatic heterocycles. The molecule has 1 fully saturated rings. The van der Waals surface area contributed by atoms with Crippen LogP contribution in [0.25, 0.3) is 10.9 Å². The van der Waals surface area contributed by atoms with Crippen LogP contribution in [0.1, 0.15) is 17.0 Å². The van der Waals surface area contributed by atoms with E-state index in [2.05, 4.69) is 43.7 Å². The molecule has 4 heterocycles. The molecule has 0 saturated carbocycles. The smallest absolute Gasteiger partial charge is 0.227 e. The van der Waals surface area contributed by atoms with Gasteiger partial charge in [-0.25, -0.2) is 4.98 Å². The highest BCUT2D eigenvalue weighted by atomic mass is 35.5. The van der Waals surface area contributed by atoms with Gasteiger partial charge in [-0.2, -0.15) is 4.98 Å².